The first-order valence-electron chi connectivity index (χ1n) is 3.95. The molecular weight excluding hydrogens is 192 g/mol. The summed E-state index contributed by atoms with van der Waals surface area (Å²) in [5.74, 6) is 0. The number of aliphatic hydroxyl groups excluding tert-OH is 1. The Morgan fingerprint density at radius 3 is 2.31 bits per heavy atom. The van der Waals surface area contributed by atoms with Crippen molar-refractivity contribution in [2.75, 3.05) is 0 Å². The summed E-state index contributed by atoms with van der Waals surface area (Å²) in [7, 11) is 0. The van der Waals surface area contributed by atoms with Crippen LogP contribution in [0, 0.1) is 0 Å². The van der Waals surface area contributed by atoms with Gasteiger partial charge in [-0.05, 0) is 12.8 Å². The summed E-state index contributed by atoms with van der Waals surface area (Å²) in [5, 5.41) is 8.92. The van der Waals surface area contributed by atoms with Crippen LogP contribution in [0.5, 0.6) is 0 Å². The zero-order chi connectivity index (χ0) is 10.1. The van der Waals surface area contributed by atoms with Crippen LogP contribution in [0.15, 0.2) is 0 Å². The van der Waals surface area contributed by atoms with Gasteiger partial charge in [0.25, 0.3) is 0 Å². The molecule has 6 heteroatoms. The van der Waals surface area contributed by atoms with E-state index >= 15 is 0 Å². The van der Waals surface area contributed by atoms with Gasteiger partial charge in [0.2, 0.25) is 0 Å². The molecule has 0 saturated heterocycles. The molecule has 1 saturated carbocycles. The van der Waals surface area contributed by atoms with Gasteiger partial charge in [-0.1, -0.05) is 0 Å². The van der Waals surface area contributed by atoms with Gasteiger partial charge in [-0.15, -0.1) is 13.2 Å². The molecule has 0 heterocycles. The molecule has 0 aromatic carbocycles. The van der Waals surface area contributed by atoms with Crippen molar-refractivity contribution >= 4 is 0 Å². The van der Waals surface area contributed by atoms with Crippen molar-refractivity contribution in [2.45, 2.75) is 44.0 Å². The molecule has 0 aromatic rings. The van der Waals surface area contributed by atoms with Crippen LogP contribution in [0.25, 0.3) is 0 Å². The maximum Gasteiger partial charge on any atom is 0.522 e. The maximum absolute atomic E-state index is 12.8. The fraction of sp³-hybridized carbons (Fsp3) is 1.00. The largest absolute Gasteiger partial charge is 0.522 e. The summed E-state index contributed by atoms with van der Waals surface area (Å²) >= 11 is 0. The normalized spacial score (nSPS) is 36.2. The molecule has 0 spiro atoms. The van der Waals surface area contributed by atoms with E-state index in [0.717, 1.165) is 0 Å². The van der Waals surface area contributed by atoms with Gasteiger partial charge in [-0.3, -0.25) is 4.74 Å². The lowest BCUT2D eigenvalue weighted by molar-refractivity contribution is -0.352. The van der Waals surface area contributed by atoms with Gasteiger partial charge < -0.3 is 5.11 Å². The topological polar surface area (TPSA) is 29.5 Å². The summed E-state index contributed by atoms with van der Waals surface area (Å²) in [5.41, 5.74) is 0. The first-order chi connectivity index (χ1) is 5.88. The van der Waals surface area contributed by atoms with E-state index in [9.17, 15) is 17.6 Å². The quantitative estimate of drug-likeness (QED) is 0.656. The Balaban J connectivity index is 2.43. The van der Waals surface area contributed by atoms with Crippen LogP contribution in [0.3, 0.4) is 0 Å². The second-order valence-corrected chi connectivity index (χ2v) is 3.08. The summed E-state index contributed by atoms with van der Waals surface area (Å²) in [6.45, 7) is 0. The zero-order valence-electron chi connectivity index (χ0n) is 6.72. The Bertz CT molecular complexity index is 170. The SMILES string of the molecule is OC1CCC(OC(F)(F)F)[C@H](F)C1. The van der Waals surface area contributed by atoms with Crippen LogP contribution in [0.1, 0.15) is 19.3 Å². The lowest BCUT2D eigenvalue weighted by atomic mass is 9.93. The van der Waals surface area contributed by atoms with Gasteiger partial charge >= 0.3 is 6.36 Å². The number of halogens is 4. The number of hydrogen-bond donors (Lipinski definition) is 1. The highest BCUT2D eigenvalue weighted by Crippen LogP contribution is 2.29. The van der Waals surface area contributed by atoms with Gasteiger partial charge in [-0.2, -0.15) is 0 Å². The predicted molar refractivity (Wildman–Crippen MR) is 35.7 cm³/mol. The molecule has 3 atom stereocenters. The lowest BCUT2D eigenvalue weighted by Gasteiger charge is -2.29. The highest BCUT2D eigenvalue weighted by Gasteiger charge is 2.39. The average molecular weight is 202 g/mol. The van der Waals surface area contributed by atoms with Crippen LogP contribution in [-0.2, 0) is 4.74 Å². The summed E-state index contributed by atoms with van der Waals surface area (Å²) in [6, 6.07) is 0. The van der Waals surface area contributed by atoms with Crippen molar-refractivity contribution in [2.24, 2.45) is 0 Å². The Morgan fingerprint density at radius 1 is 1.23 bits per heavy atom. The van der Waals surface area contributed by atoms with Gasteiger partial charge in [0, 0.05) is 6.42 Å². The average Bonchev–Trinajstić information content (AvgIpc) is 1.93. The summed E-state index contributed by atoms with van der Waals surface area (Å²) in [6.07, 6.45) is -9.04. The zero-order valence-corrected chi connectivity index (χ0v) is 6.72. The minimum atomic E-state index is -4.79. The van der Waals surface area contributed by atoms with Crippen LogP contribution in [0.4, 0.5) is 17.6 Å². The van der Waals surface area contributed by atoms with Crippen molar-refractivity contribution in [3.63, 3.8) is 0 Å². The Morgan fingerprint density at radius 2 is 1.85 bits per heavy atom. The van der Waals surface area contributed by atoms with Crippen LogP contribution < -0.4 is 0 Å². The molecule has 0 radical (unpaired) electrons. The fourth-order valence-electron chi connectivity index (χ4n) is 1.37. The Labute approximate surface area is 72.5 Å². The molecule has 0 bridgehead atoms. The van der Waals surface area contributed by atoms with Crippen LogP contribution >= 0.6 is 0 Å². The van der Waals surface area contributed by atoms with Crippen molar-refractivity contribution < 1.29 is 27.4 Å². The Kier molecular flexibility index (Phi) is 3.13. The molecular formula is C7H10F4O2. The molecule has 1 aliphatic carbocycles. The first-order valence-corrected chi connectivity index (χ1v) is 3.95. The molecule has 1 fully saturated rings. The molecule has 78 valence electrons. The van der Waals surface area contributed by atoms with E-state index < -0.39 is 24.7 Å². The summed E-state index contributed by atoms with van der Waals surface area (Å²) in [4.78, 5) is 0. The van der Waals surface area contributed by atoms with E-state index in [-0.39, 0.29) is 19.3 Å². The second kappa shape index (κ2) is 3.79. The summed E-state index contributed by atoms with van der Waals surface area (Å²) < 4.78 is 51.4. The Hall–Kier alpha value is -0.360. The molecule has 1 aliphatic rings. The maximum atomic E-state index is 12.8. The monoisotopic (exact) mass is 202 g/mol. The third-order valence-electron chi connectivity index (χ3n) is 1.97. The van der Waals surface area contributed by atoms with Crippen molar-refractivity contribution in [1.29, 1.82) is 0 Å². The first kappa shape index (κ1) is 10.7. The lowest BCUT2D eigenvalue weighted by Crippen LogP contribution is -2.38. The third-order valence-corrected chi connectivity index (χ3v) is 1.97. The number of hydrogen-bond acceptors (Lipinski definition) is 2. The highest BCUT2D eigenvalue weighted by molar-refractivity contribution is 4.80. The fourth-order valence-corrected chi connectivity index (χ4v) is 1.37. The highest BCUT2D eigenvalue weighted by atomic mass is 19.4. The van der Waals surface area contributed by atoms with E-state index in [0.29, 0.717) is 0 Å². The van der Waals surface area contributed by atoms with Crippen molar-refractivity contribution in [1.82, 2.24) is 0 Å². The smallest absolute Gasteiger partial charge is 0.393 e. The second-order valence-electron chi connectivity index (χ2n) is 3.08. The van der Waals surface area contributed by atoms with Gasteiger partial charge in [-0.25, -0.2) is 4.39 Å². The van der Waals surface area contributed by atoms with E-state index in [2.05, 4.69) is 4.74 Å². The standard InChI is InChI=1S/C7H10F4O2/c8-5-3-4(12)1-2-6(5)13-7(9,10)11/h4-6,12H,1-3H2/t4?,5-,6?/m1/s1. The molecule has 0 aromatic heterocycles. The van der Waals surface area contributed by atoms with Gasteiger partial charge in [0.1, 0.15) is 6.17 Å². The molecule has 0 aliphatic heterocycles. The van der Waals surface area contributed by atoms with Crippen molar-refractivity contribution in [3.05, 3.63) is 0 Å². The van der Waals surface area contributed by atoms with Crippen molar-refractivity contribution in [3.8, 4) is 0 Å². The van der Waals surface area contributed by atoms with E-state index in [1.54, 1.807) is 0 Å². The molecule has 1 rings (SSSR count). The molecule has 0 amide bonds. The number of alkyl halides is 4. The van der Waals surface area contributed by atoms with Crippen LogP contribution in [-0.4, -0.2) is 29.8 Å². The molecule has 1 N–H and O–H groups in total. The minimum absolute atomic E-state index is 0.0954. The minimum Gasteiger partial charge on any atom is -0.393 e. The van der Waals surface area contributed by atoms with Crippen LogP contribution in [0.2, 0.25) is 0 Å². The van der Waals surface area contributed by atoms with E-state index in [1.807, 2.05) is 0 Å². The van der Waals surface area contributed by atoms with Gasteiger partial charge in [0.05, 0.1) is 12.2 Å². The molecule has 2 unspecified atom stereocenters. The molecule has 2 nitrogen and oxygen atoms in total. The van der Waals surface area contributed by atoms with E-state index in [4.69, 9.17) is 5.11 Å². The number of aliphatic hydroxyl groups is 1. The number of ether oxygens (including phenoxy) is 1. The van der Waals surface area contributed by atoms with E-state index in [1.165, 1.54) is 0 Å². The number of rotatable bonds is 1. The van der Waals surface area contributed by atoms with Gasteiger partial charge in [0.15, 0.2) is 0 Å². The molecule has 13 heavy (non-hydrogen) atoms. The predicted octanol–water partition coefficient (Wildman–Crippen LogP) is 1.77. The third kappa shape index (κ3) is 3.48.